The molecule has 3 rings (SSSR count). The van der Waals surface area contributed by atoms with Crippen LogP contribution < -0.4 is 10.6 Å². The van der Waals surface area contributed by atoms with Gasteiger partial charge in [0.25, 0.3) is 0 Å². The smallest absolute Gasteiger partial charge is 0.186 e. The van der Waals surface area contributed by atoms with E-state index in [4.69, 9.17) is 10.7 Å². The fraction of sp³-hybridized carbons (Fsp3) is 0.471. The highest BCUT2D eigenvalue weighted by Crippen LogP contribution is 2.36. The molecule has 3 nitrogen and oxygen atoms in total. The summed E-state index contributed by atoms with van der Waals surface area (Å²) >= 11 is 1.76. The summed E-state index contributed by atoms with van der Waals surface area (Å²) in [6.07, 6.45) is 2.57. The van der Waals surface area contributed by atoms with E-state index in [1.165, 1.54) is 17.7 Å². The van der Waals surface area contributed by atoms with Crippen molar-refractivity contribution in [2.24, 2.45) is 11.7 Å². The molecule has 0 radical (unpaired) electrons. The molecule has 2 unspecified atom stereocenters. The van der Waals surface area contributed by atoms with Gasteiger partial charge in [-0.3, -0.25) is 0 Å². The molecule has 0 saturated carbocycles. The Kier molecular flexibility index (Phi) is 4.27. The average Bonchev–Trinajstić information content (AvgIpc) is 2.94. The van der Waals surface area contributed by atoms with Crippen molar-refractivity contribution >= 4 is 16.5 Å². The first-order valence-corrected chi connectivity index (χ1v) is 8.52. The molecule has 1 aromatic carbocycles. The van der Waals surface area contributed by atoms with Crippen LogP contribution in [0.3, 0.4) is 0 Å². The number of nitrogens with two attached hydrogens (primary N) is 1. The topological polar surface area (TPSA) is 42.2 Å². The molecule has 1 fully saturated rings. The van der Waals surface area contributed by atoms with Gasteiger partial charge in [-0.2, -0.15) is 0 Å². The van der Waals surface area contributed by atoms with E-state index in [0.717, 1.165) is 28.9 Å². The van der Waals surface area contributed by atoms with Crippen LogP contribution in [0.4, 0.5) is 5.13 Å². The number of nitrogens with zero attached hydrogens (tertiary/aromatic N) is 2. The summed E-state index contributed by atoms with van der Waals surface area (Å²) in [7, 11) is 0. The Hall–Kier alpha value is -1.39. The van der Waals surface area contributed by atoms with Crippen molar-refractivity contribution in [3.8, 4) is 11.3 Å². The van der Waals surface area contributed by atoms with Gasteiger partial charge in [0.15, 0.2) is 5.13 Å². The molecule has 1 aliphatic rings. The van der Waals surface area contributed by atoms with Crippen LogP contribution in [0.25, 0.3) is 11.3 Å². The minimum atomic E-state index is 0.555. The number of piperidine rings is 1. The standard InChI is InChI=1S/C17H23N3S/c1-12-8-9-13(2)20(11-12)17-19-16(15(10-18)21-17)14-6-4-3-5-7-14/h3-7,12-13H,8-11,18H2,1-2H3. The van der Waals surface area contributed by atoms with Crippen molar-refractivity contribution in [1.29, 1.82) is 0 Å². The zero-order chi connectivity index (χ0) is 14.8. The molecule has 0 spiro atoms. The van der Waals surface area contributed by atoms with E-state index in [0.29, 0.717) is 12.6 Å². The van der Waals surface area contributed by atoms with E-state index >= 15 is 0 Å². The molecule has 0 amide bonds. The van der Waals surface area contributed by atoms with Crippen molar-refractivity contribution < 1.29 is 0 Å². The van der Waals surface area contributed by atoms with E-state index < -0.39 is 0 Å². The lowest BCUT2D eigenvalue weighted by Crippen LogP contribution is -2.41. The zero-order valence-corrected chi connectivity index (χ0v) is 13.6. The Balaban J connectivity index is 1.96. The van der Waals surface area contributed by atoms with Crippen molar-refractivity contribution in [3.63, 3.8) is 0 Å². The molecule has 1 saturated heterocycles. The highest BCUT2D eigenvalue weighted by molar-refractivity contribution is 7.16. The third-order valence-electron chi connectivity index (χ3n) is 4.28. The summed E-state index contributed by atoms with van der Waals surface area (Å²) < 4.78 is 0. The van der Waals surface area contributed by atoms with Gasteiger partial charge in [-0.15, -0.1) is 0 Å². The summed E-state index contributed by atoms with van der Waals surface area (Å²) in [6.45, 7) is 6.29. The monoisotopic (exact) mass is 301 g/mol. The highest BCUT2D eigenvalue weighted by atomic mass is 32.1. The Morgan fingerprint density at radius 3 is 2.71 bits per heavy atom. The number of hydrogen-bond donors (Lipinski definition) is 1. The third kappa shape index (κ3) is 2.97. The van der Waals surface area contributed by atoms with E-state index in [2.05, 4.69) is 43.0 Å². The van der Waals surface area contributed by atoms with Crippen LogP contribution in [0.15, 0.2) is 30.3 Å². The van der Waals surface area contributed by atoms with Crippen LogP contribution in [0.5, 0.6) is 0 Å². The average molecular weight is 301 g/mol. The summed E-state index contributed by atoms with van der Waals surface area (Å²) in [5.74, 6) is 0.742. The Morgan fingerprint density at radius 2 is 2.00 bits per heavy atom. The molecular weight excluding hydrogens is 278 g/mol. The summed E-state index contributed by atoms with van der Waals surface area (Å²) in [5.41, 5.74) is 8.17. The number of rotatable bonds is 3. The first-order valence-electron chi connectivity index (χ1n) is 7.71. The maximum absolute atomic E-state index is 5.94. The minimum Gasteiger partial charge on any atom is -0.345 e. The second kappa shape index (κ2) is 6.16. The molecule has 2 atom stereocenters. The van der Waals surface area contributed by atoms with Gasteiger partial charge in [0.05, 0.1) is 5.69 Å². The molecule has 2 heterocycles. The maximum atomic E-state index is 5.94. The van der Waals surface area contributed by atoms with Crippen LogP contribution in [0.2, 0.25) is 0 Å². The van der Waals surface area contributed by atoms with Crippen LogP contribution in [0, 0.1) is 5.92 Å². The second-order valence-corrected chi connectivity index (χ2v) is 7.08. The van der Waals surface area contributed by atoms with Crippen molar-refractivity contribution in [2.75, 3.05) is 11.4 Å². The highest BCUT2D eigenvalue weighted by Gasteiger charge is 2.26. The molecule has 1 aliphatic heterocycles. The number of anilines is 1. The lowest BCUT2D eigenvalue weighted by molar-refractivity contribution is 0.390. The first-order chi connectivity index (χ1) is 10.2. The van der Waals surface area contributed by atoms with Gasteiger partial charge in [-0.05, 0) is 25.7 Å². The third-order valence-corrected chi connectivity index (χ3v) is 5.40. The zero-order valence-electron chi connectivity index (χ0n) is 12.7. The van der Waals surface area contributed by atoms with E-state index in [1.807, 2.05) is 6.07 Å². The van der Waals surface area contributed by atoms with E-state index in [9.17, 15) is 0 Å². The molecule has 1 aromatic heterocycles. The van der Waals surface area contributed by atoms with Gasteiger partial charge in [0.2, 0.25) is 0 Å². The Bertz CT molecular complexity index is 593. The molecular formula is C17H23N3S. The van der Waals surface area contributed by atoms with Crippen LogP contribution in [-0.4, -0.2) is 17.6 Å². The molecule has 0 bridgehead atoms. The lowest BCUT2D eigenvalue weighted by atomic mass is 9.96. The predicted molar refractivity (Wildman–Crippen MR) is 90.6 cm³/mol. The SMILES string of the molecule is CC1CCC(C)N(c2nc(-c3ccccc3)c(CN)s2)C1. The Morgan fingerprint density at radius 1 is 1.24 bits per heavy atom. The van der Waals surface area contributed by atoms with Gasteiger partial charge in [0.1, 0.15) is 0 Å². The first kappa shape index (κ1) is 14.5. The quantitative estimate of drug-likeness (QED) is 0.935. The molecule has 21 heavy (non-hydrogen) atoms. The van der Waals surface area contributed by atoms with Crippen LogP contribution >= 0.6 is 11.3 Å². The maximum Gasteiger partial charge on any atom is 0.186 e. The number of aromatic nitrogens is 1. The minimum absolute atomic E-state index is 0.555. The van der Waals surface area contributed by atoms with E-state index in [-0.39, 0.29) is 0 Å². The fourth-order valence-electron chi connectivity index (χ4n) is 2.98. The molecule has 2 aromatic rings. The second-order valence-electron chi connectivity index (χ2n) is 6.02. The van der Waals surface area contributed by atoms with Gasteiger partial charge in [-0.25, -0.2) is 4.98 Å². The molecule has 0 aliphatic carbocycles. The van der Waals surface area contributed by atoms with E-state index in [1.54, 1.807) is 11.3 Å². The van der Waals surface area contributed by atoms with Crippen LogP contribution in [-0.2, 0) is 6.54 Å². The van der Waals surface area contributed by atoms with Gasteiger partial charge >= 0.3 is 0 Å². The van der Waals surface area contributed by atoms with Crippen molar-refractivity contribution in [1.82, 2.24) is 4.98 Å². The molecule has 2 N–H and O–H groups in total. The Labute approximate surface area is 130 Å². The number of thiazole rings is 1. The van der Waals surface area contributed by atoms with Gasteiger partial charge < -0.3 is 10.6 Å². The summed E-state index contributed by atoms with van der Waals surface area (Å²) in [5, 5.41) is 1.13. The predicted octanol–water partition coefficient (Wildman–Crippen LogP) is 3.89. The normalized spacial score (nSPS) is 22.5. The van der Waals surface area contributed by atoms with Crippen molar-refractivity contribution in [3.05, 3.63) is 35.2 Å². The fourth-order valence-corrected chi connectivity index (χ4v) is 4.05. The van der Waals surface area contributed by atoms with Crippen molar-refractivity contribution in [2.45, 2.75) is 39.3 Å². The largest absolute Gasteiger partial charge is 0.345 e. The van der Waals surface area contributed by atoms with Crippen LogP contribution in [0.1, 0.15) is 31.6 Å². The number of benzene rings is 1. The van der Waals surface area contributed by atoms with Gasteiger partial charge in [-0.1, -0.05) is 48.6 Å². The number of hydrogen-bond acceptors (Lipinski definition) is 4. The molecule has 4 heteroatoms. The van der Waals surface area contributed by atoms with Gasteiger partial charge in [0, 0.05) is 29.6 Å². The summed E-state index contributed by atoms with van der Waals surface area (Å²) in [6, 6.07) is 10.9. The lowest BCUT2D eigenvalue weighted by Gasteiger charge is -2.36. The summed E-state index contributed by atoms with van der Waals surface area (Å²) in [4.78, 5) is 8.57. The molecule has 112 valence electrons.